The van der Waals surface area contributed by atoms with E-state index in [2.05, 4.69) is 10.2 Å². The smallest absolute Gasteiger partial charge is 0.167 e. The Morgan fingerprint density at radius 1 is 1.26 bits per heavy atom. The number of alkyl halides is 1. The summed E-state index contributed by atoms with van der Waals surface area (Å²) < 4.78 is 16.0. The lowest BCUT2D eigenvalue weighted by atomic mass is 10.1. The van der Waals surface area contributed by atoms with Gasteiger partial charge in [0.05, 0.1) is 11.4 Å². The molecule has 5 heteroatoms. The molecule has 0 fully saturated rings. The van der Waals surface area contributed by atoms with Gasteiger partial charge in [-0.15, -0.1) is 21.8 Å². The lowest BCUT2D eigenvalue weighted by molar-refractivity contribution is 0.389. The van der Waals surface area contributed by atoms with E-state index in [-0.39, 0.29) is 17.2 Å². The Morgan fingerprint density at radius 3 is 2.47 bits per heavy atom. The van der Waals surface area contributed by atoms with E-state index in [0.29, 0.717) is 17.2 Å². The highest BCUT2D eigenvalue weighted by atomic mass is 35.5. The molecule has 0 aliphatic heterocycles. The van der Waals surface area contributed by atoms with Gasteiger partial charge in [-0.1, -0.05) is 6.07 Å². The highest BCUT2D eigenvalue weighted by Gasteiger charge is 2.24. The van der Waals surface area contributed by atoms with Crippen LogP contribution in [0.3, 0.4) is 0 Å². The van der Waals surface area contributed by atoms with E-state index in [1.54, 1.807) is 6.07 Å². The second kappa shape index (κ2) is 4.93. The minimum Gasteiger partial charge on any atom is -0.305 e. The molecule has 0 bridgehead atoms. The number of benzene rings is 1. The van der Waals surface area contributed by atoms with Crippen molar-refractivity contribution in [2.24, 2.45) is 0 Å². The van der Waals surface area contributed by atoms with Gasteiger partial charge in [-0.2, -0.15) is 0 Å². The molecule has 1 aromatic heterocycles. The van der Waals surface area contributed by atoms with Gasteiger partial charge in [-0.05, 0) is 45.4 Å². The van der Waals surface area contributed by atoms with E-state index in [4.69, 9.17) is 11.6 Å². The predicted octanol–water partition coefficient (Wildman–Crippen LogP) is 3.89. The maximum absolute atomic E-state index is 14.1. The summed E-state index contributed by atoms with van der Waals surface area (Å²) in [6.45, 7) is 7.90. The lowest BCUT2D eigenvalue weighted by Gasteiger charge is -2.24. The molecule has 1 aromatic carbocycles. The third kappa shape index (κ3) is 2.63. The van der Waals surface area contributed by atoms with Crippen LogP contribution in [-0.2, 0) is 11.4 Å². The molecule has 0 radical (unpaired) electrons. The summed E-state index contributed by atoms with van der Waals surface area (Å²) >= 11 is 5.89. The van der Waals surface area contributed by atoms with Crippen molar-refractivity contribution in [3.8, 4) is 11.4 Å². The highest BCUT2D eigenvalue weighted by Crippen LogP contribution is 2.28. The van der Waals surface area contributed by atoms with Crippen LogP contribution in [0.5, 0.6) is 0 Å². The molecule has 1 heterocycles. The molecule has 2 aromatic rings. The van der Waals surface area contributed by atoms with Crippen molar-refractivity contribution in [2.45, 2.75) is 39.1 Å². The quantitative estimate of drug-likeness (QED) is 0.782. The zero-order valence-corrected chi connectivity index (χ0v) is 12.3. The first-order valence-electron chi connectivity index (χ1n) is 6.12. The maximum atomic E-state index is 14.1. The Kier molecular flexibility index (Phi) is 3.63. The second-order valence-electron chi connectivity index (χ2n) is 5.56. The molecule has 2 rings (SSSR count). The maximum Gasteiger partial charge on any atom is 0.167 e. The van der Waals surface area contributed by atoms with Gasteiger partial charge in [0.2, 0.25) is 0 Å². The van der Waals surface area contributed by atoms with Crippen molar-refractivity contribution < 1.29 is 4.39 Å². The fraction of sp³-hybridized carbons (Fsp3) is 0.429. The predicted molar refractivity (Wildman–Crippen MR) is 74.7 cm³/mol. The molecular formula is C14H17ClFN3. The number of hydrogen-bond acceptors (Lipinski definition) is 2. The van der Waals surface area contributed by atoms with Crippen LogP contribution < -0.4 is 0 Å². The third-order valence-electron chi connectivity index (χ3n) is 2.89. The van der Waals surface area contributed by atoms with E-state index >= 15 is 0 Å². The van der Waals surface area contributed by atoms with Crippen LogP contribution in [0, 0.1) is 12.7 Å². The SMILES string of the molecule is Cc1ccc(-c2nnc(CCl)n2C(C)(C)C)c(F)c1. The molecule has 0 amide bonds. The van der Waals surface area contributed by atoms with Crippen LogP contribution in [0.15, 0.2) is 18.2 Å². The minimum atomic E-state index is -0.293. The first kappa shape index (κ1) is 14.0. The van der Waals surface area contributed by atoms with Crippen molar-refractivity contribution >= 4 is 11.6 Å². The third-order valence-corrected chi connectivity index (χ3v) is 3.12. The first-order chi connectivity index (χ1) is 8.84. The second-order valence-corrected chi connectivity index (χ2v) is 5.83. The van der Waals surface area contributed by atoms with E-state index in [1.165, 1.54) is 6.07 Å². The van der Waals surface area contributed by atoms with Crippen LogP contribution in [0.2, 0.25) is 0 Å². The summed E-state index contributed by atoms with van der Waals surface area (Å²) in [6, 6.07) is 5.09. The first-order valence-corrected chi connectivity index (χ1v) is 6.65. The van der Waals surface area contributed by atoms with Crippen molar-refractivity contribution in [1.82, 2.24) is 14.8 Å². The zero-order chi connectivity index (χ0) is 14.2. The van der Waals surface area contributed by atoms with Gasteiger partial charge in [0.25, 0.3) is 0 Å². The summed E-state index contributed by atoms with van der Waals surface area (Å²) in [5.74, 6) is 1.11. The van der Waals surface area contributed by atoms with Gasteiger partial charge in [0, 0.05) is 5.54 Å². The van der Waals surface area contributed by atoms with Gasteiger partial charge in [0.15, 0.2) is 5.82 Å². The molecule has 0 N–H and O–H groups in total. The molecule has 0 unspecified atom stereocenters. The van der Waals surface area contributed by atoms with Crippen LogP contribution in [0.1, 0.15) is 32.2 Å². The molecule has 0 atom stereocenters. The van der Waals surface area contributed by atoms with Gasteiger partial charge < -0.3 is 4.57 Å². The average molecular weight is 282 g/mol. The van der Waals surface area contributed by atoms with Gasteiger partial charge in [-0.25, -0.2) is 4.39 Å². The zero-order valence-electron chi connectivity index (χ0n) is 11.5. The van der Waals surface area contributed by atoms with E-state index in [9.17, 15) is 4.39 Å². The molecule has 0 saturated carbocycles. The molecule has 0 spiro atoms. The number of hydrogen-bond donors (Lipinski definition) is 0. The van der Waals surface area contributed by atoms with Gasteiger partial charge in [-0.3, -0.25) is 0 Å². The van der Waals surface area contributed by atoms with Crippen LogP contribution in [-0.4, -0.2) is 14.8 Å². The van der Waals surface area contributed by atoms with Crippen molar-refractivity contribution in [1.29, 1.82) is 0 Å². The molecule has 0 aliphatic carbocycles. The summed E-state index contributed by atoms with van der Waals surface area (Å²) in [6.07, 6.45) is 0. The number of rotatable bonds is 2. The Bertz CT molecular complexity index is 599. The monoisotopic (exact) mass is 281 g/mol. The van der Waals surface area contributed by atoms with Gasteiger partial charge >= 0.3 is 0 Å². The lowest BCUT2D eigenvalue weighted by Crippen LogP contribution is -2.25. The van der Waals surface area contributed by atoms with Crippen molar-refractivity contribution in [3.63, 3.8) is 0 Å². The normalized spacial score (nSPS) is 11.9. The number of aromatic nitrogens is 3. The standard InChI is InChI=1S/C14H17ClFN3/c1-9-5-6-10(11(16)7-9)13-18-17-12(8-15)19(13)14(2,3)4/h5-7H,8H2,1-4H3. The number of nitrogens with zero attached hydrogens (tertiary/aromatic N) is 3. The van der Waals surface area contributed by atoms with E-state index in [1.807, 2.05) is 38.3 Å². The molecule has 3 nitrogen and oxygen atoms in total. The van der Waals surface area contributed by atoms with Crippen molar-refractivity contribution in [2.75, 3.05) is 0 Å². The van der Waals surface area contributed by atoms with E-state index in [0.717, 1.165) is 5.56 Å². The summed E-state index contributed by atoms with van der Waals surface area (Å²) in [7, 11) is 0. The average Bonchev–Trinajstić information content (AvgIpc) is 2.72. The summed E-state index contributed by atoms with van der Waals surface area (Å²) in [5, 5.41) is 8.16. The Hall–Kier alpha value is -1.42. The van der Waals surface area contributed by atoms with E-state index < -0.39 is 0 Å². The molecule has 0 saturated heterocycles. The fourth-order valence-electron chi connectivity index (χ4n) is 2.08. The Morgan fingerprint density at radius 2 is 1.95 bits per heavy atom. The molecule has 0 aliphatic rings. The van der Waals surface area contributed by atoms with Crippen molar-refractivity contribution in [3.05, 3.63) is 35.4 Å². The largest absolute Gasteiger partial charge is 0.305 e. The van der Waals surface area contributed by atoms with Crippen LogP contribution in [0.25, 0.3) is 11.4 Å². The van der Waals surface area contributed by atoms with Crippen LogP contribution >= 0.6 is 11.6 Å². The Balaban J connectivity index is 2.66. The summed E-state index contributed by atoms with van der Waals surface area (Å²) in [4.78, 5) is 0. The Labute approximate surface area is 117 Å². The topological polar surface area (TPSA) is 30.7 Å². The summed E-state index contributed by atoms with van der Waals surface area (Å²) in [5.41, 5.74) is 1.06. The molecule has 102 valence electrons. The minimum absolute atomic E-state index is 0.248. The highest BCUT2D eigenvalue weighted by molar-refractivity contribution is 6.16. The van der Waals surface area contributed by atoms with Gasteiger partial charge in [0.1, 0.15) is 11.6 Å². The molecule has 19 heavy (non-hydrogen) atoms. The molecular weight excluding hydrogens is 265 g/mol. The fourth-order valence-corrected chi connectivity index (χ4v) is 2.26. The number of aryl methyl sites for hydroxylation is 1. The van der Waals surface area contributed by atoms with Crippen LogP contribution in [0.4, 0.5) is 4.39 Å². The number of halogens is 2.